The number of carbonyl (C=O) groups excluding carboxylic acids is 1. The molecule has 1 aliphatic heterocycles. The Bertz CT molecular complexity index is 1930. The van der Waals surface area contributed by atoms with Gasteiger partial charge in [-0.25, -0.2) is 4.79 Å². The van der Waals surface area contributed by atoms with E-state index in [2.05, 4.69) is 10.3 Å². The van der Waals surface area contributed by atoms with Gasteiger partial charge in [-0.15, -0.1) is 4.52 Å². The molecule has 1 unspecified atom stereocenters. The molecule has 4 aromatic carbocycles. The summed E-state index contributed by atoms with van der Waals surface area (Å²) in [7, 11) is -0.0931. The minimum absolute atomic E-state index is 0.0120. The maximum Gasteiger partial charge on any atom is 0.488 e. The number of rotatable bonds is 13. The highest BCUT2D eigenvalue weighted by atomic mass is 31.1. The largest absolute Gasteiger partial charge is 0.566 e. The zero-order chi connectivity index (χ0) is 35.1. The molecule has 13 heteroatoms. The Kier molecular flexibility index (Phi) is 10.8. The van der Waals surface area contributed by atoms with Crippen molar-refractivity contribution in [1.29, 1.82) is 0 Å². The minimum Gasteiger partial charge on any atom is -0.566 e. The van der Waals surface area contributed by atoms with Crippen LogP contribution in [0.2, 0.25) is 0 Å². The smallest absolute Gasteiger partial charge is 0.488 e. The van der Waals surface area contributed by atoms with E-state index in [1.165, 1.54) is 16.8 Å². The Labute approximate surface area is 289 Å². The number of aromatic nitrogens is 2. The van der Waals surface area contributed by atoms with Crippen LogP contribution in [0.15, 0.2) is 126 Å². The summed E-state index contributed by atoms with van der Waals surface area (Å²) in [6, 6.07) is 34.5. The molecule has 1 aromatic heterocycles. The second-order valence-electron chi connectivity index (χ2n) is 11.4. The number of nitrogens with one attached hydrogen (secondary N) is 1. The summed E-state index contributed by atoms with van der Waals surface area (Å²) in [5, 5.41) is 2.61. The summed E-state index contributed by atoms with van der Waals surface area (Å²) in [5.74, 6) is 0.947. The van der Waals surface area contributed by atoms with Gasteiger partial charge in [0.15, 0.2) is 0 Å². The van der Waals surface area contributed by atoms with Crippen molar-refractivity contribution in [3.05, 3.63) is 154 Å². The van der Waals surface area contributed by atoms with E-state index in [4.69, 9.17) is 23.5 Å². The summed E-state index contributed by atoms with van der Waals surface area (Å²) in [6.45, 7) is -0.134. The number of hydrogen-bond donors (Lipinski definition) is 1. The third kappa shape index (κ3) is 7.50. The molecule has 1 aliphatic rings. The summed E-state index contributed by atoms with van der Waals surface area (Å²) in [5.41, 5.74) is 0.828. The molecule has 12 nitrogen and oxygen atoms in total. The molecule has 0 bridgehead atoms. The molecular formula is C37H34N3O9P. The molecule has 0 saturated carbocycles. The Morgan fingerprint density at radius 1 is 0.880 bits per heavy atom. The number of hydrogen-bond acceptors (Lipinski definition) is 10. The highest BCUT2D eigenvalue weighted by molar-refractivity contribution is 7.30. The first kappa shape index (κ1) is 34.6. The highest BCUT2D eigenvalue weighted by Gasteiger charge is 2.45. The van der Waals surface area contributed by atoms with Crippen molar-refractivity contribution in [2.75, 3.05) is 26.1 Å². The molecule has 1 saturated heterocycles. The van der Waals surface area contributed by atoms with Gasteiger partial charge in [0.2, 0.25) is 0 Å². The van der Waals surface area contributed by atoms with E-state index in [0.29, 0.717) is 17.1 Å². The van der Waals surface area contributed by atoms with Gasteiger partial charge >= 0.3 is 13.9 Å². The first-order valence-electron chi connectivity index (χ1n) is 15.7. The fourth-order valence-electron chi connectivity index (χ4n) is 6.00. The van der Waals surface area contributed by atoms with Crippen LogP contribution in [0.4, 0.5) is 5.82 Å². The number of benzene rings is 4. The fraction of sp³-hybridized carbons (Fsp3) is 0.216. The van der Waals surface area contributed by atoms with Crippen LogP contribution in [0.5, 0.6) is 11.5 Å². The van der Waals surface area contributed by atoms with Crippen LogP contribution in [0.1, 0.15) is 39.7 Å². The lowest BCUT2D eigenvalue weighted by atomic mass is 9.80. The van der Waals surface area contributed by atoms with Gasteiger partial charge in [-0.05, 0) is 63.7 Å². The van der Waals surface area contributed by atoms with Crippen LogP contribution in [-0.4, -0.2) is 48.5 Å². The van der Waals surface area contributed by atoms with Crippen molar-refractivity contribution in [3.63, 3.8) is 0 Å². The lowest BCUT2D eigenvalue weighted by Crippen LogP contribution is -2.38. The van der Waals surface area contributed by atoms with Gasteiger partial charge in [-0.2, -0.15) is 4.98 Å². The zero-order valence-corrected chi connectivity index (χ0v) is 28.1. The monoisotopic (exact) mass is 695 g/mol. The molecule has 6 rings (SSSR count). The Morgan fingerprint density at radius 3 is 1.98 bits per heavy atom. The van der Waals surface area contributed by atoms with E-state index >= 15 is 0 Å². The van der Waals surface area contributed by atoms with Gasteiger partial charge in [0.05, 0.1) is 20.8 Å². The standard InChI is InChI=1S/C37H34N3O9P/c1-45-29-17-13-27(14-18-29)37(26-11-7-4-8-12-26,28-15-19-30(46-2)20-16-28)47-24-32-31(49-50(43)44)23-34(48-32)40-22-21-33(39-36(40)42)38-35(41)25-9-5-3-6-10-25/h3-22,31-32,34H,23-24H2,1-2H3,(H,38,39,41,42)/t31-,32+,34+/m0/s1. The van der Waals surface area contributed by atoms with Crippen molar-refractivity contribution in [3.8, 4) is 11.5 Å². The molecule has 4 atom stereocenters. The van der Waals surface area contributed by atoms with Gasteiger partial charge in [-0.3, -0.25) is 9.36 Å². The zero-order valence-electron chi connectivity index (χ0n) is 27.2. The molecule has 1 fully saturated rings. The summed E-state index contributed by atoms with van der Waals surface area (Å²) in [4.78, 5) is 41.6. The number of carbonyl (C=O) groups is 1. The Hall–Kier alpha value is -5.23. The molecule has 0 spiro atoms. The SMILES string of the molecule is COc1ccc(C(OC[C@H]2O[C@@H](n3ccc(NC(=O)c4ccccc4)nc3=O)C[C@@H]2O[P+](=O)[O-])(c2ccccc2)c2ccc(OC)cc2)cc1. The van der Waals surface area contributed by atoms with Crippen molar-refractivity contribution in [2.45, 2.75) is 30.5 Å². The van der Waals surface area contributed by atoms with Gasteiger partial charge in [-0.1, -0.05) is 72.8 Å². The first-order chi connectivity index (χ1) is 24.3. The van der Waals surface area contributed by atoms with Crippen LogP contribution in [0, 0.1) is 0 Å². The Morgan fingerprint density at radius 2 is 1.44 bits per heavy atom. The maximum atomic E-state index is 13.2. The second-order valence-corrected chi connectivity index (χ2v) is 12.0. The predicted molar refractivity (Wildman–Crippen MR) is 182 cm³/mol. The quantitative estimate of drug-likeness (QED) is 0.128. The summed E-state index contributed by atoms with van der Waals surface area (Å²) in [6.07, 6.45) is -1.39. The van der Waals surface area contributed by atoms with Gasteiger partial charge in [0.1, 0.15) is 41.4 Å². The normalized spacial score (nSPS) is 17.6. The first-order valence-corrected chi connectivity index (χ1v) is 16.8. The molecule has 1 N–H and O–H groups in total. The fourth-order valence-corrected chi connectivity index (χ4v) is 6.45. The van der Waals surface area contributed by atoms with E-state index in [0.717, 1.165) is 16.7 Å². The third-order valence-corrected chi connectivity index (χ3v) is 8.90. The molecule has 2 heterocycles. The van der Waals surface area contributed by atoms with Crippen LogP contribution >= 0.6 is 8.25 Å². The number of ether oxygens (including phenoxy) is 4. The van der Waals surface area contributed by atoms with Crippen LogP contribution in [0.3, 0.4) is 0 Å². The summed E-state index contributed by atoms with van der Waals surface area (Å²) >= 11 is 0. The average molecular weight is 696 g/mol. The molecule has 0 aliphatic carbocycles. The predicted octanol–water partition coefficient (Wildman–Crippen LogP) is 5.21. The van der Waals surface area contributed by atoms with Crippen LogP contribution in [-0.2, 0) is 24.2 Å². The third-order valence-electron chi connectivity index (χ3n) is 8.46. The van der Waals surface area contributed by atoms with E-state index < -0.39 is 43.9 Å². The average Bonchev–Trinajstić information content (AvgIpc) is 3.54. The van der Waals surface area contributed by atoms with Crippen LogP contribution < -0.4 is 25.4 Å². The summed E-state index contributed by atoms with van der Waals surface area (Å²) < 4.78 is 42.4. The second kappa shape index (κ2) is 15.5. The van der Waals surface area contributed by atoms with Crippen molar-refractivity contribution in [1.82, 2.24) is 9.55 Å². The van der Waals surface area contributed by atoms with Gasteiger partial charge < -0.3 is 29.2 Å². The molecule has 50 heavy (non-hydrogen) atoms. The molecule has 256 valence electrons. The van der Waals surface area contributed by atoms with E-state index in [1.807, 2.05) is 78.9 Å². The number of amides is 1. The lowest BCUT2D eigenvalue weighted by molar-refractivity contribution is -0.192. The van der Waals surface area contributed by atoms with Crippen molar-refractivity contribution >= 4 is 20.0 Å². The van der Waals surface area contributed by atoms with Gasteiger partial charge in [0.25, 0.3) is 5.91 Å². The van der Waals surface area contributed by atoms with Crippen molar-refractivity contribution in [2.24, 2.45) is 0 Å². The Balaban J connectivity index is 1.31. The minimum atomic E-state index is -3.27. The van der Waals surface area contributed by atoms with E-state index in [1.54, 1.807) is 44.6 Å². The topological polar surface area (TPSA) is 150 Å². The van der Waals surface area contributed by atoms with Crippen molar-refractivity contribution < 1.29 is 37.7 Å². The van der Waals surface area contributed by atoms with Crippen LogP contribution in [0.25, 0.3) is 0 Å². The molecular weight excluding hydrogens is 661 g/mol. The molecule has 0 radical (unpaired) electrons. The number of nitrogens with zero attached hydrogens (tertiary/aromatic N) is 2. The maximum absolute atomic E-state index is 13.2. The molecule has 1 amide bonds. The number of methoxy groups -OCH3 is 2. The number of anilines is 1. The van der Waals surface area contributed by atoms with E-state index in [-0.39, 0.29) is 18.8 Å². The van der Waals surface area contributed by atoms with E-state index in [9.17, 15) is 19.0 Å². The van der Waals surface area contributed by atoms with Gasteiger partial charge in [0, 0.05) is 18.2 Å². The lowest BCUT2D eigenvalue weighted by Gasteiger charge is -2.37. The highest BCUT2D eigenvalue weighted by Crippen LogP contribution is 2.43. The molecule has 5 aromatic rings.